The maximum absolute atomic E-state index is 5.22. The van der Waals surface area contributed by atoms with E-state index in [0.29, 0.717) is 5.33 Å². The van der Waals surface area contributed by atoms with Gasteiger partial charge >= 0.3 is 0 Å². The Balaban J connectivity index is 2.74. The molecule has 0 fully saturated rings. The molecular weight excluding hydrogens is 182 g/mol. The van der Waals surface area contributed by atoms with Crippen LogP contribution in [0.15, 0.2) is 10.6 Å². The summed E-state index contributed by atoms with van der Waals surface area (Å²) in [5, 5.41) is 0.701. The molecule has 0 N–H and O–H groups in total. The summed E-state index contributed by atoms with van der Waals surface area (Å²) in [7, 11) is 0. The molecule has 0 aliphatic heterocycles. The molecule has 0 aliphatic rings. The third-order valence-corrected chi connectivity index (χ3v) is 1.54. The Kier molecular flexibility index (Phi) is 2.28. The van der Waals surface area contributed by atoms with Gasteiger partial charge in [-0.25, -0.2) is 4.98 Å². The van der Waals surface area contributed by atoms with Crippen molar-refractivity contribution >= 4 is 15.9 Å². The number of oxazole rings is 1. The summed E-state index contributed by atoms with van der Waals surface area (Å²) in [4.78, 5) is 3.99. The number of nitrogens with zero attached hydrogens (tertiary/aromatic N) is 1. The minimum atomic E-state index is 0.701. The van der Waals surface area contributed by atoms with E-state index in [1.54, 1.807) is 6.20 Å². The van der Waals surface area contributed by atoms with Gasteiger partial charge in [-0.05, 0) is 0 Å². The molecule has 50 valence electrons. The van der Waals surface area contributed by atoms with Crippen LogP contribution in [0.5, 0.6) is 0 Å². The monoisotopic (exact) mass is 189 g/mol. The van der Waals surface area contributed by atoms with Crippen LogP contribution >= 0.6 is 15.9 Å². The highest BCUT2D eigenvalue weighted by Gasteiger charge is 1.97. The minimum Gasteiger partial charge on any atom is -0.445 e. The molecule has 0 atom stereocenters. The number of aryl methyl sites for hydroxylation is 1. The van der Waals surface area contributed by atoms with Gasteiger partial charge in [-0.2, -0.15) is 0 Å². The summed E-state index contributed by atoms with van der Waals surface area (Å²) in [6.45, 7) is 2.04. The Labute approximate surface area is 62.4 Å². The summed E-state index contributed by atoms with van der Waals surface area (Å²) < 4.78 is 5.22. The number of halogens is 1. The fraction of sp³-hybridized carbons (Fsp3) is 0.500. The highest BCUT2D eigenvalue weighted by atomic mass is 79.9. The molecule has 0 aliphatic carbocycles. The lowest BCUT2D eigenvalue weighted by atomic mass is 10.4. The van der Waals surface area contributed by atoms with Crippen molar-refractivity contribution in [3.05, 3.63) is 17.8 Å². The highest BCUT2D eigenvalue weighted by Crippen LogP contribution is 2.06. The van der Waals surface area contributed by atoms with Gasteiger partial charge in [0.05, 0.1) is 11.5 Å². The zero-order valence-electron chi connectivity index (χ0n) is 5.22. The molecule has 1 aromatic heterocycles. The van der Waals surface area contributed by atoms with Gasteiger partial charge in [0.2, 0.25) is 5.89 Å². The van der Waals surface area contributed by atoms with Crippen molar-refractivity contribution in [1.29, 1.82) is 0 Å². The molecule has 1 heterocycles. The highest BCUT2D eigenvalue weighted by molar-refractivity contribution is 9.08. The fourth-order valence-electron chi connectivity index (χ4n) is 0.573. The molecule has 9 heavy (non-hydrogen) atoms. The van der Waals surface area contributed by atoms with E-state index in [9.17, 15) is 0 Å². The maximum Gasteiger partial charge on any atom is 0.205 e. The van der Waals surface area contributed by atoms with Gasteiger partial charge in [0, 0.05) is 6.42 Å². The molecule has 1 aromatic rings. The maximum atomic E-state index is 5.22. The summed E-state index contributed by atoms with van der Waals surface area (Å²) in [5.74, 6) is 1.70. The fourth-order valence-corrected chi connectivity index (χ4v) is 0.832. The average molecular weight is 190 g/mol. The largest absolute Gasteiger partial charge is 0.445 e. The van der Waals surface area contributed by atoms with Gasteiger partial charge in [0.25, 0.3) is 0 Å². The van der Waals surface area contributed by atoms with Crippen LogP contribution in [0, 0.1) is 0 Å². The van der Waals surface area contributed by atoms with Crippen LogP contribution in [-0.2, 0) is 11.8 Å². The lowest BCUT2D eigenvalue weighted by Gasteiger charge is -1.83. The summed E-state index contributed by atoms with van der Waals surface area (Å²) >= 11 is 3.24. The Bertz CT molecular complexity index is 166. The van der Waals surface area contributed by atoms with Crippen molar-refractivity contribution in [2.24, 2.45) is 0 Å². The van der Waals surface area contributed by atoms with Crippen molar-refractivity contribution < 1.29 is 4.42 Å². The Hall–Kier alpha value is -0.310. The van der Waals surface area contributed by atoms with E-state index < -0.39 is 0 Å². The SMILES string of the molecule is CCc1cnc(CBr)o1. The van der Waals surface area contributed by atoms with E-state index in [2.05, 4.69) is 20.9 Å². The van der Waals surface area contributed by atoms with Crippen LogP contribution in [0.1, 0.15) is 18.6 Å². The first kappa shape index (κ1) is 6.81. The van der Waals surface area contributed by atoms with Gasteiger partial charge in [0.1, 0.15) is 5.76 Å². The van der Waals surface area contributed by atoms with E-state index in [0.717, 1.165) is 18.1 Å². The van der Waals surface area contributed by atoms with Gasteiger partial charge in [-0.15, -0.1) is 0 Å². The lowest BCUT2D eigenvalue weighted by Crippen LogP contribution is -1.71. The first-order chi connectivity index (χ1) is 4.36. The van der Waals surface area contributed by atoms with E-state index in [4.69, 9.17) is 4.42 Å². The van der Waals surface area contributed by atoms with E-state index in [1.165, 1.54) is 0 Å². The molecule has 1 rings (SSSR count). The topological polar surface area (TPSA) is 26.0 Å². The number of hydrogen-bond donors (Lipinski definition) is 0. The summed E-state index contributed by atoms with van der Waals surface area (Å²) in [6, 6.07) is 0. The van der Waals surface area contributed by atoms with Crippen LogP contribution < -0.4 is 0 Å². The lowest BCUT2D eigenvalue weighted by molar-refractivity contribution is 0.477. The number of rotatable bonds is 2. The van der Waals surface area contributed by atoms with Crippen LogP contribution in [0.25, 0.3) is 0 Å². The molecule has 0 spiro atoms. The molecule has 0 unspecified atom stereocenters. The van der Waals surface area contributed by atoms with Crippen molar-refractivity contribution in [3.63, 3.8) is 0 Å². The van der Waals surface area contributed by atoms with Gasteiger partial charge in [0.15, 0.2) is 0 Å². The van der Waals surface area contributed by atoms with Crippen LogP contribution in [0.3, 0.4) is 0 Å². The Morgan fingerprint density at radius 2 is 2.56 bits per heavy atom. The summed E-state index contributed by atoms with van der Waals surface area (Å²) in [5.41, 5.74) is 0. The van der Waals surface area contributed by atoms with Crippen molar-refractivity contribution in [1.82, 2.24) is 4.98 Å². The minimum absolute atomic E-state index is 0.701. The van der Waals surface area contributed by atoms with Gasteiger partial charge in [-0.3, -0.25) is 0 Å². The Morgan fingerprint density at radius 1 is 1.78 bits per heavy atom. The Morgan fingerprint density at radius 3 is 2.89 bits per heavy atom. The normalized spacial score (nSPS) is 10.0. The number of aromatic nitrogens is 1. The molecule has 0 saturated carbocycles. The smallest absolute Gasteiger partial charge is 0.205 e. The molecule has 0 saturated heterocycles. The first-order valence-corrected chi connectivity index (χ1v) is 3.98. The molecule has 0 aromatic carbocycles. The number of alkyl halides is 1. The van der Waals surface area contributed by atoms with E-state index in [1.807, 2.05) is 6.92 Å². The van der Waals surface area contributed by atoms with Gasteiger partial charge < -0.3 is 4.42 Å². The second kappa shape index (κ2) is 3.01. The van der Waals surface area contributed by atoms with Crippen LogP contribution in [0.4, 0.5) is 0 Å². The predicted molar refractivity (Wildman–Crippen MR) is 38.5 cm³/mol. The standard InChI is InChI=1S/C6H8BrNO/c1-2-5-4-8-6(3-7)9-5/h4H,2-3H2,1H3. The zero-order chi connectivity index (χ0) is 6.69. The first-order valence-electron chi connectivity index (χ1n) is 2.86. The second-order valence-electron chi connectivity index (χ2n) is 1.71. The van der Waals surface area contributed by atoms with Crippen molar-refractivity contribution in [2.45, 2.75) is 18.7 Å². The zero-order valence-corrected chi connectivity index (χ0v) is 6.81. The quantitative estimate of drug-likeness (QED) is 0.667. The molecule has 0 amide bonds. The molecule has 0 bridgehead atoms. The summed E-state index contributed by atoms with van der Waals surface area (Å²) in [6.07, 6.45) is 2.68. The predicted octanol–water partition coefficient (Wildman–Crippen LogP) is 2.13. The van der Waals surface area contributed by atoms with Gasteiger partial charge in [-0.1, -0.05) is 22.9 Å². The van der Waals surface area contributed by atoms with Crippen LogP contribution in [-0.4, -0.2) is 4.98 Å². The third-order valence-electron chi connectivity index (χ3n) is 1.06. The van der Waals surface area contributed by atoms with Crippen molar-refractivity contribution in [2.75, 3.05) is 0 Å². The molecule has 0 radical (unpaired) electrons. The second-order valence-corrected chi connectivity index (χ2v) is 2.27. The van der Waals surface area contributed by atoms with E-state index in [-0.39, 0.29) is 0 Å². The molecule has 3 heteroatoms. The molecular formula is C6H8BrNO. The van der Waals surface area contributed by atoms with Crippen LogP contribution in [0.2, 0.25) is 0 Å². The van der Waals surface area contributed by atoms with E-state index >= 15 is 0 Å². The third kappa shape index (κ3) is 1.55. The van der Waals surface area contributed by atoms with Crippen molar-refractivity contribution in [3.8, 4) is 0 Å². The molecule has 2 nitrogen and oxygen atoms in total. The number of hydrogen-bond acceptors (Lipinski definition) is 2. The average Bonchev–Trinajstić information content (AvgIpc) is 2.34.